The van der Waals surface area contributed by atoms with Crippen molar-refractivity contribution in [3.63, 3.8) is 0 Å². The Morgan fingerprint density at radius 2 is 1.14 bits per heavy atom. The molecule has 2 nitrogen and oxygen atoms in total. The molecule has 0 radical (unpaired) electrons. The summed E-state index contributed by atoms with van der Waals surface area (Å²) in [6.45, 7) is 0. The van der Waals surface area contributed by atoms with Crippen LogP contribution in [0.1, 0.15) is 16.7 Å². The van der Waals surface area contributed by atoms with Crippen molar-refractivity contribution in [2.75, 3.05) is 0 Å². The third kappa shape index (κ3) is 3.81. The van der Waals surface area contributed by atoms with E-state index in [9.17, 15) is 84.5 Å². The summed E-state index contributed by atoms with van der Waals surface area (Å²) in [7, 11) is 0. The molecule has 0 aromatic heterocycles. The van der Waals surface area contributed by atoms with E-state index in [4.69, 9.17) is 11.6 Å². The molecule has 0 amide bonds. The first-order valence-electron chi connectivity index (χ1n) is 8.54. The van der Waals surface area contributed by atoms with Crippen molar-refractivity contribution in [3.8, 4) is 0 Å². The van der Waals surface area contributed by atoms with Crippen molar-refractivity contribution in [1.29, 1.82) is 0 Å². The lowest BCUT2D eigenvalue weighted by molar-refractivity contribution is -0.341. The van der Waals surface area contributed by atoms with Crippen LogP contribution >= 0.6 is 11.6 Å². The van der Waals surface area contributed by atoms with Gasteiger partial charge in [0.25, 0.3) is 5.41 Å². The maximum atomic E-state index is 14.0. The van der Waals surface area contributed by atoms with E-state index < -0.39 is 99.1 Å². The fourth-order valence-corrected chi connectivity index (χ4v) is 3.66. The molecule has 1 aromatic rings. The Morgan fingerprint density at radius 1 is 0.730 bits per heavy atom. The summed E-state index contributed by atoms with van der Waals surface area (Å²) in [6.07, 6.45) is -21.1. The van der Waals surface area contributed by atoms with Gasteiger partial charge in [-0.15, -0.1) is 0 Å². The average molecular weight is 598 g/mol. The van der Waals surface area contributed by atoms with Gasteiger partial charge < -0.3 is 5.11 Å². The SMILES string of the molecule is O=C(/C=C(\[O-])c1cc(C(F)(F)F)cc(C(F)(F)F)c1Cl)C1(C(F)(F)F)C(F)(F)C(F)(F)C(F)(F)C1(F)F. The number of carbonyl (C=O) groups excluding carboxylic acids is 1. The molecule has 37 heavy (non-hydrogen) atoms. The second-order valence-corrected chi connectivity index (χ2v) is 7.68. The highest BCUT2D eigenvalue weighted by molar-refractivity contribution is 6.33. The predicted molar refractivity (Wildman–Crippen MR) is 82.7 cm³/mol. The van der Waals surface area contributed by atoms with Crippen molar-refractivity contribution in [3.05, 3.63) is 39.9 Å². The summed E-state index contributed by atoms with van der Waals surface area (Å²) in [6, 6.07) is -1.43. The molecule has 0 atom stereocenters. The summed E-state index contributed by atoms with van der Waals surface area (Å²) < 4.78 is 228. The Hall–Kier alpha value is -2.47. The number of alkyl halides is 17. The average Bonchev–Trinajstić information content (AvgIpc) is 2.70. The van der Waals surface area contributed by atoms with E-state index in [0.717, 1.165) is 0 Å². The molecular weight excluding hydrogens is 595 g/mol. The van der Waals surface area contributed by atoms with Gasteiger partial charge in [0.05, 0.1) is 16.1 Å². The maximum Gasteiger partial charge on any atom is 0.417 e. The number of rotatable bonds is 3. The van der Waals surface area contributed by atoms with Gasteiger partial charge in [-0.2, -0.15) is 74.6 Å². The highest BCUT2D eigenvalue weighted by Crippen LogP contribution is 2.75. The molecule has 2 rings (SSSR count). The fourth-order valence-electron chi connectivity index (χ4n) is 3.35. The summed E-state index contributed by atoms with van der Waals surface area (Å²) in [5.74, 6) is -37.8. The standard InChI is InChI=1S/C17H4ClF17O2/c18-9-5(1-4(11(19,20)21)2-6(9)12(22,23)24)7(36)3-8(37)10(17(33,34)35)13(25,26)15(29,30)16(31,32)14(10,27)28/h1-3,36H/p-1/b7-3-. The zero-order chi connectivity index (χ0) is 29.6. The number of hydrogen-bond donors (Lipinski definition) is 0. The van der Waals surface area contributed by atoms with E-state index in [0.29, 0.717) is 0 Å². The van der Waals surface area contributed by atoms with Crippen LogP contribution in [0.5, 0.6) is 0 Å². The van der Waals surface area contributed by atoms with E-state index in [1.807, 2.05) is 0 Å². The normalized spacial score (nSPS) is 22.7. The second kappa shape index (κ2) is 8.02. The molecule has 0 bridgehead atoms. The minimum atomic E-state index is -7.72. The monoisotopic (exact) mass is 597 g/mol. The number of hydrogen-bond acceptors (Lipinski definition) is 2. The van der Waals surface area contributed by atoms with E-state index >= 15 is 0 Å². The number of carbonyl (C=O) groups is 1. The Morgan fingerprint density at radius 3 is 1.46 bits per heavy atom. The van der Waals surface area contributed by atoms with Gasteiger partial charge in [-0.05, 0) is 23.8 Å². The molecule has 1 aliphatic rings. The van der Waals surface area contributed by atoms with Crippen LogP contribution in [-0.4, -0.2) is 35.6 Å². The van der Waals surface area contributed by atoms with Crippen molar-refractivity contribution in [2.45, 2.75) is 42.2 Å². The lowest BCUT2D eigenvalue weighted by Gasteiger charge is -2.37. The van der Waals surface area contributed by atoms with Gasteiger partial charge in [-0.3, -0.25) is 4.79 Å². The van der Waals surface area contributed by atoms with Crippen LogP contribution in [-0.2, 0) is 17.1 Å². The Kier molecular flexibility index (Phi) is 6.66. The predicted octanol–water partition coefficient (Wildman–Crippen LogP) is 6.75. The van der Waals surface area contributed by atoms with Gasteiger partial charge >= 0.3 is 42.2 Å². The van der Waals surface area contributed by atoms with E-state index in [1.165, 1.54) is 0 Å². The number of benzene rings is 1. The van der Waals surface area contributed by atoms with Crippen LogP contribution in [0.15, 0.2) is 18.2 Å². The first-order valence-corrected chi connectivity index (χ1v) is 8.92. The number of allylic oxidation sites excluding steroid dienone is 1. The van der Waals surface area contributed by atoms with Gasteiger partial charge in [0.1, 0.15) is 0 Å². The number of ketones is 1. The molecular formula is C17H3ClF17O2-. The maximum absolute atomic E-state index is 14.0. The minimum Gasteiger partial charge on any atom is -0.872 e. The molecule has 1 aliphatic carbocycles. The minimum absolute atomic E-state index is 0.682. The summed E-state index contributed by atoms with van der Waals surface area (Å²) in [5, 5.41) is 9.95. The molecule has 0 N–H and O–H groups in total. The number of halogens is 18. The van der Waals surface area contributed by atoms with E-state index in [1.54, 1.807) is 0 Å². The third-order valence-electron chi connectivity index (χ3n) is 5.15. The first kappa shape index (κ1) is 30.8. The third-order valence-corrected chi connectivity index (χ3v) is 5.56. The molecule has 0 spiro atoms. The van der Waals surface area contributed by atoms with Crippen LogP contribution in [0.4, 0.5) is 74.6 Å². The molecule has 1 fully saturated rings. The van der Waals surface area contributed by atoms with Gasteiger partial charge in [-0.1, -0.05) is 17.4 Å². The van der Waals surface area contributed by atoms with Crippen molar-refractivity contribution in [2.24, 2.45) is 5.41 Å². The van der Waals surface area contributed by atoms with Crippen LogP contribution in [0.2, 0.25) is 5.02 Å². The van der Waals surface area contributed by atoms with Crippen LogP contribution in [0.25, 0.3) is 5.76 Å². The van der Waals surface area contributed by atoms with Gasteiger partial charge in [-0.25, -0.2) is 0 Å². The quantitative estimate of drug-likeness (QED) is 0.220. The molecule has 1 aromatic carbocycles. The highest BCUT2D eigenvalue weighted by Gasteiger charge is 3.06. The van der Waals surface area contributed by atoms with Gasteiger partial charge in [0, 0.05) is 0 Å². The molecule has 1 saturated carbocycles. The zero-order valence-electron chi connectivity index (χ0n) is 16.4. The van der Waals surface area contributed by atoms with Crippen molar-refractivity contribution < 1.29 is 84.5 Å². The zero-order valence-corrected chi connectivity index (χ0v) is 17.1. The fraction of sp³-hybridized carbons (Fsp3) is 0.471. The lowest BCUT2D eigenvalue weighted by atomic mass is 9.74. The Labute approximate surface area is 196 Å². The second-order valence-electron chi connectivity index (χ2n) is 7.30. The Balaban J connectivity index is 2.96. The van der Waals surface area contributed by atoms with Crippen molar-refractivity contribution >= 4 is 23.1 Å². The van der Waals surface area contributed by atoms with E-state index in [-0.39, 0.29) is 0 Å². The molecule has 20 heteroatoms. The highest BCUT2D eigenvalue weighted by atomic mass is 35.5. The van der Waals surface area contributed by atoms with Crippen molar-refractivity contribution in [1.82, 2.24) is 0 Å². The largest absolute Gasteiger partial charge is 0.872 e. The smallest absolute Gasteiger partial charge is 0.417 e. The van der Waals surface area contributed by atoms with Gasteiger partial charge in [0.2, 0.25) is 0 Å². The van der Waals surface area contributed by atoms with Gasteiger partial charge in [0.15, 0.2) is 5.78 Å². The lowest BCUT2D eigenvalue weighted by Crippen LogP contribution is -2.64. The van der Waals surface area contributed by atoms with Crippen LogP contribution < -0.4 is 5.11 Å². The summed E-state index contributed by atoms with van der Waals surface area (Å²) in [5.41, 5.74) is -14.6. The molecule has 0 unspecified atom stereocenters. The summed E-state index contributed by atoms with van der Waals surface area (Å²) in [4.78, 5) is 12.0. The molecule has 0 saturated heterocycles. The van der Waals surface area contributed by atoms with Crippen LogP contribution in [0, 0.1) is 5.41 Å². The summed E-state index contributed by atoms with van der Waals surface area (Å²) >= 11 is 5.08. The molecule has 0 aliphatic heterocycles. The van der Waals surface area contributed by atoms with Crippen LogP contribution in [0.3, 0.4) is 0 Å². The Bertz CT molecular complexity index is 1110. The van der Waals surface area contributed by atoms with E-state index in [2.05, 4.69) is 0 Å². The molecule has 0 heterocycles. The first-order chi connectivity index (χ1) is 16.0. The molecule has 210 valence electrons. The topological polar surface area (TPSA) is 40.1 Å².